The Morgan fingerprint density at radius 1 is 1.09 bits per heavy atom. The summed E-state index contributed by atoms with van der Waals surface area (Å²) in [6.07, 6.45) is 11.6. The fourth-order valence-corrected chi connectivity index (χ4v) is 3.08. The molecule has 8 heteroatoms. The number of aliphatic hydroxyl groups is 1. The molecule has 1 fully saturated rings. The molecule has 1 saturated carbocycles. The molecule has 0 unspecified atom stereocenters. The van der Waals surface area contributed by atoms with E-state index in [1.165, 1.54) is 5.92 Å². The van der Waals surface area contributed by atoms with Crippen LogP contribution in [0.25, 0.3) is 0 Å². The molecule has 1 aromatic carbocycles. The maximum absolute atomic E-state index is 11.9. The maximum atomic E-state index is 11.9. The number of rotatable bonds is 11. The molecule has 1 heterocycles. The zero-order valence-corrected chi connectivity index (χ0v) is 18.8. The highest BCUT2D eigenvalue weighted by molar-refractivity contribution is 5.71. The van der Waals surface area contributed by atoms with Crippen LogP contribution >= 0.6 is 0 Å². The van der Waals surface area contributed by atoms with E-state index in [4.69, 9.17) is 14.2 Å². The Morgan fingerprint density at radius 2 is 1.81 bits per heavy atom. The third-order valence-corrected chi connectivity index (χ3v) is 4.41. The number of aliphatic hydroxyl groups excluding tert-OH is 1. The Hall–Kier alpha value is -2.61. The number of hydrogen-bond donors (Lipinski definition) is 1. The Balaban J connectivity index is 1.44. The van der Waals surface area contributed by atoms with Gasteiger partial charge < -0.3 is 19.3 Å². The third-order valence-electron chi connectivity index (χ3n) is 4.41. The summed E-state index contributed by atoms with van der Waals surface area (Å²) in [5.74, 6) is 1.74. The van der Waals surface area contributed by atoms with Crippen LogP contribution in [0.3, 0.4) is 0 Å². The van der Waals surface area contributed by atoms with E-state index < -0.39 is 11.6 Å². The second-order valence-electron chi connectivity index (χ2n) is 8.50. The van der Waals surface area contributed by atoms with Crippen molar-refractivity contribution in [1.82, 2.24) is 15.0 Å². The summed E-state index contributed by atoms with van der Waals surface area (Å²) in [7, 11) is 0. The smallest absolute Gasteiger partial charge is 0.344 e. The van der Waals surface area contributed by atoms with Crippen molar-refractivity contribution in [2.75, 3.05) is 13.2 Å². The Morgan fingerprint density at radius 3 is 2.50 bits per heavy atom. The van der Waals surface area contributed by atoms with Crippen LogP contribution in [0, 0.1) is 31.6 Å². The van der Waals surface area contributed by atoms with Gasteiger partial charge in [-0.25, -0.2) is 4.79 Å². The van der Waals surface area contributed by atoms with E-state index in [1.807, 2.05) is 23.7 Å². The van der Waals surface area contributed by atoms with Crippen LogP contribution in [0.1, 0.15) is 38.4 Å². The predicted octanol–water partition coefficient (Wildman–Crippen LogP) is 2.91. The fraction of sp³-hybridized carbons (Fsp3) is 0.417. The number of aryl methyl sites for hydroxylation is 1. The summed E-state index contributed by atoms with van der Waals surface area (Å²) in [6.45, 7) is 6.19. The van der Waals surface area contributed by atoms with Crippen LogP contribution in [0.15, 0.2) is 24.4 Å². The number of benzene rings is 1. The van der Waals surface area contributed by atoms with Crippen molar-refractivity contribution in [3.63, 3.8) is 0 Å². The van der Waals surface area contributed by atoms with Gasteiger partial charge in [0.2, 0.25) is 0 Å². The number of hydrogen-bond acceptors (Lipinski definition) is 7. The van der Waals surface area contributed by atoms with E-state index in [9.17, 15) is 9.90 Å². The largest absolute Gasteiger partial charge is 0.493 e. The first-order chi connectivity index (χ1) is 15.3. The quantitative estimate of drug-likeness (QED) is 0.424. The summed E-state index contributed by atoms with van der Waals surface area (Å²) in [5, 5.41) is 17.9. The maximum Gasteiger partial charge on any atom is 0.344 e. The first-order valence-electron chi connectivity index (χ1n) is 10.6. The van der Waals surface area contributed by atoms with Gasteiger partial charge >= 0.3 is 5.97 Å². The van der Waals surface area contributed by atoms with Crippen molar-refractivity contribution in [2.45, 2.75) is 52.4 Å². The van der Waals surface area contributed by atoms with Crippen LogP contribution < -0.4 is 9.47 Å². The Labute approximate surface area is 189 Å². The van der Waals surface area contributed by atoms with E-state index >= 15 is 0 Å². The van der Waals surface area contributed by atoms with Crippen LogP contribution in [-0.4, -0.2) is 44.9 Å². The highest BCUT2D eigenvalue weighted by Gasteiger charge is 2.18. The van der Waals surface area contributed by atoms with Crippen LogP contribution in [-0.2, 0) is 29.1 Å². The molecule has 1 aliphatic rings. The first-order valence-corrected chi connectivity index (χ1v) is 10.6. The second-order valence-corrected chi connectivity index (χ2v) is 8.50. The van der Waals surface area contributed by atoms with Gasteiger partial charge in [0.25, 0.3) is 0 Å². The Bertz CT molecular complexity index is 869. The molecule has 1 aliphatic carbocycles. The molecule has 2 aromatic rings. The molecule has 0 bridgehead atoms. The molecular weight excluding hydrogens is 410 g/mol. The van der Waals surface area contributed by atoms with Gasteiger partial charge in [-0.15, -0.1) is 5.10 Å². The normalized spacial score (nSPS) is 14.5. The number of ether oxygens (including phenoxy) is 3. The van der Waals surface area contributed by atoms with Crippen molar-refractivity contribution in [3.8, 4) is 11.5 Å². The average Bonchev–Trinajstić information content (AvgIpc) is 3.41. The summed E-state index contributed by atoms with van der Waals surface area (Å²) in [4.78, 5) is 11.9. The highest BCUT2D eigenvalue weighted by atomic mass is 16.6. The summed E-state index contributed by atoms with van der Waals surface area (Å²) in [5.41, 5.74) is 0.971. The van der Waals surface area contributed by atoms with Gasteiger partial charge in [-0.1, -0.05) is 5.21 Å². The Kier molecular flexibility index (Phi) is 8.50. The minimum Gasteiger partial charge on any atom is -0.493 e. The zero-order chi connectivity index (χ0) is 23.0. The van der Waals surface area contributed by atoms with Crippen LogP contribution in [0.2, 0.25) is 0 Å². The lowest BCUT2D eigenvalue weighted by molar-refractivity contribution is -0.157. The molecular formula is C24H30N3O5. The van der Waals surface area contributed by atoms with E-state index in [2.05, 4.69) is 23.2 Å². The minimum absolute atomic E-state index is 0.160. The number of carbonyl (C=O) groups excluding carboxylic acids is 1. The van der Waals surface area contributed by atoms with Crippen molar-refractivity contribution in [1.29, 1.82) is 0 Å². The molecule has 0 aliphatic heterocycles. The SMILES string of the molecule is CC(C)(C)OC(=O)COc1cc(CO)cc(OCCCc2cn(C[C]3[CH][CH][CH][CH]3)nn2)c1. The molecule has 32 heavy (non-hydrogen) atoms. The molecule has 5 radical (unpaired) electrons. The molecule has 171 valence electrons. The number of carbonyl (C=O) groups is 1. The predicted molar refractivity (Wildman–Crippen MR) is 118 cm³/mol. The first kappa shape index (κ1) is 24.0. The van der Waals surface area contributed by atoms with E-state index in [1.54, 1.807) is 39.0 Å². The zero-order valence-electron chi connectivity index (χ0n) is 18.8. The van der Waals surface area contributed by atoms with Gasteiger partial charge in [0, 0.05) is 24.7 Å². The minimum atomic E-state index is -0.573. The summed E-state index contributed by atoms with van der Waals surface area (Å²) in [6, 6.07) is 5.11. The van der Waals surface area contributed by atoms with Gasteiger partial charge in [0.1, 0.15) is 17.1 Å². The third kappa shape index (κ3) is 8.15. The fourth-order valence-electron chi connectivity index (χ4n) is 3.08. The lowest BCUT2D eigenvalue weighted by Crippen LogP contribution is -2.27. The molecule has 3 rings (SSSR count). The van der Waals surface area contributed by atoms with Crippen molar-refractivity contribution in [2.24, 2.45) is 0 Å². The van der Waals surface area contributed by atoms with Crippen LogP contribution in [0.4, 0.5) is 0 Å². The van der Waals surface area contributed by atoms with Gasteiger partial charge in [-0.3, -0.25) is 4.68 Å². The number of aromatic nitrogens is 3. The molecule has 0 atom stereocenters. The van der Waals surface area contributed by atoms with Gasteiger partial charge in [0.15, 0.2) is 6.61 Å². The van der Waals surface area contributed by atoms with Gasteiger partial charge in [0.05, 0.1) is 18.9 Å². The topological polar surface area (TPSA) is 95.7 Å². The lowest BCUT2D eigenvalue weighted by atomic mass is 10.1. The summed E-state index contributed by atoms with van der Waals surface area (Å²) < 4.78 is 18.4. The average molecular weight is 441 g/mol. The molecule has 0 amide bonds. The van der Waals surface area contributed by atoms with E-state index in [0.717, 1.165) is 18.5 Å². The summed E-state index contributed by atoms with van der Waals surface area (Å²) >= 11 is 0. The molecule has 8 nitrogen and oxygen atoms in total. The van der Waals surface area contributed by atoms with Gasteiger partial charge in [-0.05, 0) is 77.0 Å². The van der Waals surface area contributed by atoms with E-state index in [-0.39, 0.29) is 13.2 Å². The van der Waals surface area contributed by atoms with Crippen molar-refractivity contribution >= 4 is 5.97 Å². The van der Waals surface area contributed by atoms with Crippen LogP contribution in [0.5, 0.6) is 11.5 Å². The van der Waals surface area contributed by atoms with Crippen molar-refractivity contribution in [3.05, 3.63) is 67.3 Å². The standard InChI is InChI=1S/C24H30N3O5/c1-24(2,3)32-23(29)17-31-22-12-19(16-28)11-21(13-22)30-10-6-9-20-15-27(26-25-20)14-18-7-4-5-8-18/h4-5,7-8,11-13,15,28H,6,9-10,14,16-17H2,1-3H3. The van der Waals surface area contributed by atoms with E-state index in [0.29, 0.717) is 30.2 Å². The number of esters is 1. The molecule has 0 spiro atoms. The second kappa shape index (κ2) is 11.3. The number of nitrogens with zero attached hydrogens (tertiary/aromatic N) is 3. The molecule has 1 N–H and O–H groups in total. The van der Waals surface area contributed by atoms with Crippen molar-refractivity contribution < 1.29 is 24.1 Å². The molecule has 1 aromatic heterocycles. The monoisotopic (exact) mass is 440 g/mol. The highest BCUT2D eigenvalue weighted by Crippen LogP contribution is 2.25. The van der Waals surface area contributed by atoms with Gasteiger partial charge in [-0.2, -0.15) is 0 Å². The molecule has 0 saturated heterocycles. The lowest BCUT2D eigenvalue weighted by Gasteiger charge is -2.19.